The number of aryl methyl sites for hydroxylation is 1. The van der Waals surface area contributed by atoms with Crippen LogP contribution in [0.1, 0.15) is 12.8 Å². The van der Waals surface area contributed by atoms with Crippen LogP contribution in [0.25, 0.3) is 0 Å². The average Bonchev–Trinajstić information content (AvgIpc) is 2.85. The monoisotopic (exact) mass is 286 g/mol. The zero-order chi connectivity index (χ0) is 15.0. The molecular formula is C11H18N4O5. The highest BCUT2D eigenvalue weighted by molar-refractivity contribution is 5.75. The Bertz CT molecular complexity index is 448. The van der Waals surface area contributed by atoms with Crippen LogP contribution in [0.3, 0.4) is 0 Å². The molecule has 1 amide bonds. The van der Waals surface area contributed by atoms with Gasteiger partial charge in [-0.1, -0.05) is 0 Å². The number of rotatable bonds is 9. The van der Waals surface area contributed by atoms with Crippen molar-refractivity contribution in [3.05, 3.63) is 22.6 Å². The van der Waals surface area contributed by atoms with Crippen molar-refractivity contribution < 1.29 is 19.6 Å². The maximum absolute atomic E-state index is 11.5. The molecule has 1 aromatic heterocycles. The molecule has 0 aliphatic carbocycles. The van der Waals surface area contributed by atoms with Crippen molar-refractivity contribution in [2.24, 2.45) is 0 Å². The van der Waals surface area contributed by atoms with Crippen LogP contribution in [-0.2, 0) is 16.1 Å². The summed E-state index contributed by atoms with van der Waals surface area (Å²) in [5.74, 6) is -0.431. The minimum absolute atomic E-state index is 0.188. The Morgan fingerprint density at radius 2 is 2.45 bits per heavy atom. The van der Waals surface area contributed by atoms with Crippen molar-refractivity contribution in [3.63, 3.8) is 0 Å². The van der Waals surface area contributed by atoms with Gasteiger partial charge >= 0.3 is 5.82 Å². The van der Waals surface area contributed by atoms with Crippen molar-refractivity contribution in [1.82, 2.24) is 14.9 Å². The van der Waals surface area contributed by atoms with Crippen LogP contribution in [0.4, 0.5) is 5.82 Å². The number of carbonyl (C=O) groups is 1. The maximum atomic E-state index is 11.5. The molecule has 0 aliphatic heterocycles. The van der Waals surface area contributed by atoms with E-state index in [2.05, 4.69) is 10.3 Å². The van der Waals surface area contributed by atoms with Gasteiger partial charge in [-0.15, -0.1) is 0 Å². The van der Waals surface area contributed by atoms with E-state index in [9.17, 15) is 20.0 Å². The Hall–Kier alpha value is -2.00. The highest BCUT2D eigenvalue weighted by Gasteiger charge is 2.10. The summed E-state index contributed by atoms with van der Waals surface area (Å²) in [5.41, 5.74) is 0. The summed E-state index contributed by atoms with van der Waals surface area (Å²) in [4.78, 5) is 24.9. The standard InChI is InChI=1S/C11H18N4O5/c1-20-7-9(16)2-4-12-11(17)3-5-14-6-10(13-8-14)15(18)19/h6,8-9,16H,2-5,7H2,1H3,(H,12,17). The number of nitrogens with one attached hydrogen (secondary N) is 1. The second-order valence-electron chi connectivity index (χ2n) is 4.22. The first-order valence-electron chi connectivity index (χ1n) is 6.12. The Kier molecular flexibility index (Phi) is 6.60. The largest absolute Gasteiger partial charge is 0.391 e. The first-order valence-corrected chi connectivity index (χ1v) is 6.12. The Morgan fingerprint density at radius 1 is 1.70 bits per heavy atom. The van der Waals surface area contributed by atoms with Crippen molar-refractivity contribution in [2.45, 2.75) is 25.5 Å². The SMILES string of the molecule is COCC(O)CCNC(=O)CCn1cnc([N+](=O)[O-])c1. The lowest BCUT2D eigenvalue weighted by atomic mass is 10.2. The minimum atomic E-state index is -0.600. The van der Waals surface area contributed by atoms with Crippen molar-refractivity contribution in [3.8, 4) is 0 Å². The number of methoxy groups -OCH3 is 1. The van der Waals surface area contributed by atoms with Gasteiger partial charge in [-0.2, -0.15) is 0 Å². The summed E-state index contributed by atoms with van der Waals surface area (Å²) in [6.07, 6.45) is 2.59. The normalized spacial score (nSPS) is 12.1. The van der Waals surface area contributed by atoms with E-state index in [-0.39, 0.29) is 24.8 Å². The predicted molar refractivity (Wildman–Crippen MR) is 69.0 cm³/mol. The fourth-order valence-electron chi connectivity index (χ4n) is 1.54. The van der Waals surface area contributed by atoms with Gasteiger partial charge in [0.05, 0.1) is 12.7 Å². The molecule has 0 aromatic carbocycles. The molecule has 0 fully saturated rings. The fraction of sp³-hybridized carbons (Fsp3) is 0.636. The third-order valence-electron chi connectivity index (χ3n) is 2.56. The van der Waals surface area contributed by atoms with E-state index in [1.54, 1.807) is 0 Å². The number of aromatic nitrogens is 2. The summed E-state index contributed by atoms with van der Waals surface area (Å²) in [6, 6.07) is 0. The average molecular weight is 286 g/mol. The van der Waals surface area contributed by atoms with E-state index < -0.39 is 11.0 Å². The molecule has 0 saturated carbocycles. The molecule has 1 atom stereocenters. The molecule has 0 radical (unpaired) electrons. The second kappa shape index (κ2) is 8.23. The first-order chi connectivity index (χ1) is 9.52. The van der Waals surface area contributed by atoms with Gasteiger partial charge in [-0.3, -0.25) is 4.79 Å². The number of carbonyl (C=O) groups excluding carboxylic acids is 1. The molecule has 0 aliphatic rings. The Morgan fingerprint density at radius 3 is 3.05 bits per heavy atom. The quantitative estimate of drug-likeness (QED) is 0.475. The third kappa shape index (κ3) is 5.76. The van der Waals surface area contributed by atoms with Crippen LogP contribution >= 0.6 is 0 Å². The van der Waals surface area contributed by atoms with Crippen molar-refractivity contribution in [2.75, 3.05) is 20.3 Å². The molecule has 1 heterocycles. The third-order valence-corrected chi connectivity index (χ3v) is 2.56. The summed E-state index contributed by atoms with van der Waals surface area (Å²) >= 11 is 0. The summed E-state index contributed by atoms with van der Waals surface area (Å²) < 4.78 is 6.24. The number of aliphatic hydroxyl groups is 1. The zero-order valence-electron chi connectivity index (χ0n) is 11.2. The molecular weight excluding hydrogens is 268 g/mol. The smallest absolute Gasteiger partial charge is 0.381 e. The predicted octanol–water partition coefficient (Wildman–Crippen LogP) is -0.305. The summed E-state index contributed by atoms with van der Waals surface area (Å²) in [6.45, 7) is 0.898. The van der Waals surface area contributed by atoms with E-state index in [0.29, 0.717) is 19.5 Å². The number of hydrogen-bond donors (Lipinski definition) is 2. The number of ether oxygens (including phenoxy) is 1. The number of imidazole rings is 1. The van der Waals surface area contributed by atoms with Gasteiger partial charge in [0.2, 0.25) is 12.2 Å². The van der Waals surface area contributed by atoms with Crippen molar-refractivity contribution in [1.29, 1.82) is 0 Å². The minimum Gasteiger partial charge on any atom is -0.391 e. The first kappa shape index (κ1) is 16.1. The number of nitro groups is 1. The molecule has 0 saturated heterocycles. The molecule has 20 heavy (non-hydrogen) atoms. The highest BCUT2D eigenvalue weighted by atomic mass is 16.6. The van der Waals surface area contributed by atoms with Gasteiger partial charge in [0.1, 0.15) is 6.20 Å². The lowest BCUT2D eigenvalue weighted by Crippen LogP contribution is -2.29. The lowest BCUT2D eigenvalue weighted by molar-refractivity contribution is -0.389. The van der Waals surface area contributed by atoms with E-state index >= 15 is 0 Å². The molecule has 2 N–H and O–H groups in total. The van der Waals surface area contributed by atoms with E-state index in [4.69, 9.17) is 4.74 Å². The van der Waals surface area contributed by atoms with Gasteiger partial charge in [0.15, 0.2) is 0 Å². The lowest BCUT2D eigenvalue weighted by Gasteiger charge is -2.10. The Labute approximate surface area is 115 Å². The van der Waals surface area contributed by atoms with E-state index in [1.807, 2.05) is 0 Å². The van der Waals surface area contributed by atoms with Gasteiger partial charge in [0, 0.05) is 26.6 Å². The second-order valence-corrected chi connectivity index (χ2v) is 4.22. The number of aliphatic hydroxyl groups excluding tert-OH is 1. The molecule has 9 heteroatoms. The topological polar surface area (TPSA) is 120 Å². The highest BCUT2D eigenvalue weighted by Crippen LogP contribution is 2.05. The molecule has 0 spiro atoms. The number of nitrogens with zero attached hydrogens (tertiary/aromatic N) is 3. The fourth-order valence-corrected chi connectivity index (χ4v) is 1.54. The van der Waals surface area contributed by atoms with Crippen LogP contribution in [0.2, 0.25) is 0 Å². The van der Waals surface area contributed by atoms with Crippen LogP contribution in [0.15, 0.2) is 12.5 Å². The summed E-state index contributed by atoms with van der Waals surface area (Å²) in [7, 11) is 1.49. The van der Waals surface area contributed by atoms with Gasteiger partial charge in [0.25, 0.3) is 0 Å². The van der Waals surface area contributed by atoms with Crippen LogP contribution < -0.4 is 5.32 Å². The zero-order valence-corrected chi connectivity index (χ0v) is 11.2. The van der Waals surface area contributed by atoms with E-state index in [1.165, 1.54) is 24.2 Å². The number of hydrogen-bond acceptors (Lipinski definition) is 6. The van der Waals surface area contributed by atoms with Crippen LogP contribution in [0.5, 0.6) is 0 Å². The molecule has 1 unspecified atom stereocenters. The van der Waals surface area contributed by atoms with Crippen molar-refractivity contribution >= 4 is 11.7 Å². The maximum Gasteiger partial charge on any atom is 0.381 e. The molecule has 112 valence electrons. The molecule has 1 rings (SSSR count). The van der Waals surface area contributed by atoms with Crippen LogP contribution in [0, 0.1) is 10.1 Å². The van der Waals surface area contributed by atoms with Gasteiger partial charge in [-0.25, -0.2) is 0 Å². The number of amides is 1. The van der Waals surface area contributed by atoms with Crippen LogP contribution in [-0.4, -0.2) is 51.9 Å². The molecule has 0 bridgehead atoms. The molecule has 9 nitrogen and oxygen atoms in total. The van der Waals surface area contributed by atoms with Gasteiger partial charge < -0.3 is 29.8 Å². The molecule has 1 aromatic rings. The van der Waals surface area contributed by atoms with Gasteiger partial charge in [-0.05, 0) is 16.3 Å². The Balaban J connectivity index is 2.20. The van der Waals surface area contributed by atoms with E-state index in [0.717, 1.165) is 0 Å². The summed E-state index contributed by atoms with van der Waals surface area (Å²) in [5, 5.41) is 22.4.